The second kappa shape index (κ2) is 6.19. The molecule has 0 radical (unpaired) electrons. The van der Waals surface area contributed by atoms with Crippen molar-refractivity contribution in [1.82, 2.24) is 5.32 Å². The van der Waals surface area contributed by atoms with Crippen molar-refractivity contribution in [2.75, 3.05) is 6.54 Å². The van der Waals surface area contributed by atoms with Crippen LogP contribution in [0.15, 0.2) is 48.5 Å². The van der Waals surface area contributed by atoms with Crippen LogP contribution in [0.5, 0.6) is 0 Å². The average molecular weight is 253 g/mol. The highest BCUT2D eigenvalue weighted by Gasteiger charge is 2.05. The van der Waals surface area contributed by atoms with Gasteiger partial charge in [-0.2, -0.15) is 0 Å². The summed E-state index contributed by atoms with van der Waals surface area (Å²) < 4.78 is 0. The van der Waals surface area contributed by atoms with Gasteiger partial charge in [0.25, 0.3) is 5.91 Å². The van der Waals surface area contributed by atoms with Crippen molar-refractivity contribution in [3.05, 3.63) is 70.8 Å². The Balaban J connectivity index is 1.90. The summed E-state index contributed by atoms with van der Waals surface area (Å²) in [6.07, 6.45) is 0.865. The Kier molecular flexibility index (Phi) is 4.35. The van der Waals surface area contributed by atoms with E-state index in [4.69, 9.17) is 0 Å². The van der Waals surface area contributed by atoms with Crippen molar-refractivity contribution in [3.8, 4) is 0 Å². The number of hydrogen-bond acceptors (Lipinski definition) is 1. The molecule has 98 valence electrons. The molecular weight excluding hydrogens is 234 g/mol. The molecule has 0 bridgehead atoms. The minimum Gasteiger partial charge on any atom is -0.352 e. The van der Waals surface area contributed by atoms with Gasteiger partial charge in [0.2, 0.25) is 0 Å². The van der Waals surface area contributed by atoms with E-state index in [1.54, 1.807) is 0 Å². The van der Waals surface area contributed by atoms with E-state index in [2.05, 4.69) is 24.4 Å². The SMILES string of the molecule is Cc1cccc(C(=O)NCCc2ccccc2C)c1. The van der Waals surface area contributed by atoms with Crippen molar-refractivity contribution < 1.29 is 4.79 Å². The van der Waals surface area contributed by atoms with Gasteiger partial charge in [-0.25, -0.2) is 0 Å². The summed E-state index contributed by atoms with van der Waals surface area (Å²) >= 11 is 0. The molecule has 2 aromatic carbocycles. The Hall–Kier alpha value is -2.09. The molecule has 2 aromatic rings. The Morgan fingerprint density at radius 1 is 1.05 bits per heavy atom. The fraction of sp³-hybridized carbons (Fsp3) is 0.235. The number of amides is 1. The van der Waals surface area contributed by atoms with Crippen LogP contribution in [0.2, 0.25) is 0 Å². The first-order chi connectivity index (χ1) is 9.16. The lowest BCUT2D eigenvalue weighted by atomic mass is 10.1. The maximum atomic E-state index is 12.0. The second-order valence-electron chi connectivity index (χ2n) is 4.80. The highest BCUT2D eigenvalue weighted by atomic mass is 16.1. The molecule has 0 aliphatic heterocycles. The lowest BCUT2D eigenvalue weighted by Crippen LogP contribution is -2.25. The summed E-state index contributed by atoms with van der Waals surface area (Å²) in [5.41, 5.74) is 4.38. The minimum absolute atomic E-state index is 0.00251. The monoisotopic (exact) mass is 253 g/mol. The van der Waals surface area contributed by atoms with Gasteiger partial charge < -0.3 is 5.32 Å². The molecule has 2 nitrogen and oxygen atoms in total. The molecule has 19 heavy (non-hydrogen) atoms. The summed E-state index contributed by atoms with van der Waals surface area (Å²) in [7, 11) is 0. The lowest BCUT2D eigenvalue weighted by molar-refractivity contribution is 0.0954. The third-order valence-electron chi connectivity index (χ3n) is 3.22. The van der Waals surface area contributed by atoms with Crippen molar-refractivity contribution in [2.45, 2.75) is 20.3 Å². The molecule has 2 rings (SSSR count). The summed E-state index contributed by atoms with van der Waals surface area (Å²) in [5.74, 6) is -0.00251. The fourth-order valence-electron chi connectivity index (χ4n) is 2.09. The zero-order valence-corrected chi connectivity index (χ0v) is 11.4. The topological polar surface area (TPSA) is 29.1 Å². The second-order valence-corrected chi connectivity index (χ2v) is 4.80. The predicted octanol–water partition coefficient (Wildman–Crippen LogP) is 3.28. The van der Waals surface area contributed by atoms with Crippen molar-refractivity contribution in [1.29, 1.82) is 0 Å². The van der Waals surface area contributed by atoms with Gasteiger partial charge >= 0.3 is 0 Å². The summed E-state index contributed by atoms with van der Waals surface area (Å²) in [5, 5.41) is 2.96. The molecule has 2 heteroatoms. The molecule has 0 atom stereocenters. The van der Waals surface area contributed by atoms with Crippen LogP contribution in [0, 0.1) is 13.8 Å². The highest BCUT2D eigenvalue weighted by Crippen LogP contribution is 2.07. The molecule has 0 aromatic heterocycles. The number of carbonyl (C=O) groups is 1. The molecule has 0 spiro atoms. The molecule has 0 aliphatic rings. The van der Waals surface area contributed by atoms with Crippen molar-refractivity contribution in [3.63, 3.8) is 0 Å². The zero-order chi connectivity index (χ0) is 13.7. The number of aryl methyl sites for hydroxylation is 2. The predicted molar refractivity (Wildman–Crippen MR) is 78.4 cm³/mol. The van der Waals surface area contributed by atoms with E-state index >= 15 is 0 Å². The maximum absolute atomic E-state index is 12.0. The standard InChI is InChI=1S/C17H19NO/c1-13-6-5-9-16(12-13)17(19)18-11-10-15-8-4-3-7-14(15)2/h3-9,12H,10-11H2,1-2H3,(H,18,19). The smallest absolute Gasteiger partial charge is 0.251 e. The number of benzene rings is 2. The van der Waals surface area contributed by atoms with E-state index in [0.29, 0.717) is 6.54 Å². The van der Waals surface area contributed by atoms with Gasteiger partial charge in [-0.15, -0.1) is 0 Å². The Labute approximate surface area is 114 Å². The largest absolute Gasteiger partial charge is 0.352 e. The van der Waals surface area contributed by atoms with Crippen LogP contribution in [0.25, 0.3) is 0 Å². The van der Waals surface area contributed by atoms with Crippen LogP contribution in [0.1, 0.15) is 27.0 Å². The van der Waals surface area contributed by atoms with E-state index in [-0.39, 0.29) is 5.91 Å². The first kappa shape index (κ1) is 13.3. The Morgan fingerprint density at radius 2 is 1.84 bits per heavy atom. The molecule has 0 saturated heterocycles. The highest BCUT2D eigenvalue weighted by molar-refractivity contribution is 5.94. The molecule has 0 aliphatic carbocycles. The normalized spacial score (nSPS) is 10.2. The summed E-state index contributed by atoms with van der Waals surface area (Å²) in [4.78, 5) is 12.0. The molecule has 0 heterocycles. The Morgan fingerprint density at radius 3 is 2.58 bits per heavy atom. The summed E-state index contributed by atoms with van der Waals surface area (Å²) in [6.45, 7) is 4.75. The van der Waals surface area contributed by atoms with Gasteiger partial charge in [0.05, 0.1) is 0 Å². The van der Waals surface area contributed by atoms with E-state index in [1.807, 2.05) is 43.3 Å². The molecule has 0 fully saturated rings. The number of hydrogen-bond donors (Lipinski definition) is 1. The van der Waals surface area contributed by atoms with E-state index in [0.717, 1.165) is 17.5 Å². The third-order valence-corrected chi connectivity index (χ3v) is 3.22. The van der Waals surface area contributed by atoms with Gasteiger partial charge in [0.1, 0.15) is 0 Å². The van der Waals surface area contributed by atoms with Crippen LogP contribution in [-0.4, -0.2) is 12.5 Å². The van der Waals surface area contributed by atoms with Crippen molar-refractivity contribution in [2.24, 2.45) is 0 Å². The molecule has 1 N–H and O–H groups in total. The third kappa shape index (κ3) is 3.68. The first-order valence-corrected chi connectivity index (χ1v) is 6.56. The van der Waals surface area contributed by atoms with Crippen LogP contribution in [0.3, 0.4) is 0 Å². The van der Waals surface area contributed by atoms with Crippen molar-refractivity contribution >= 4 is 5.91 Å². The number of rotatable bonds is 4. The van der Waals surface area contributed by atoms with Crippen LogP contribution in [0.4, 0.5) is 0 Å². The van der Waals surface area contributed by atoms with E-state index in [9.17, 15) is 4.79 Å². The molecule has 1 amide bonds. The Bertz CT molecular complexity index is 575. The maximum Gasteiger partial charge on any atom is 0.251 e. The van der Waals surface area contributed by atoms with Gasteiger partial charge in [-0.3, -0.25) is 4.79 Å². The van der Waals surface area contributed by atoms with Gasteiger partial charge in [0, 0.05) is 12.1 Å². The number of carbonyl (C=O) groups excluding carboxylic acids is 1. The molecular formula is C17H19NO. The zero-order valence-electron chi connectivity index (χ0n) is 11.4. The van der Waals surface area contributed by atoms with Gasteiger partial charge in [-0.05, 0) is 43.5 Å². The lowest BCUT2D eigenvalue weighted by Gasteiger charge is -2.08. The first-order valence-electron chi connectivity index (χ1n) is 6.56. The van der Waals surface area contributed by atoms with Crippen LogP contribution < -0.4 is 5.32 Å². The summed E-state index contributed by atoms with van der Waals surface area (Å²) in [6, 6.07) is 15.9. The van der Waals surface area contributed by atoms with Gasteiger partial charge in [0.15, 0.2) is 0 Å². The van der Waals surface area contributed by atoms with Gasteiger partial charge in [-0.1, -0.05) is 42.0 Å². The van der Waals surface area contributed by atoms with E-state index < -0.39 is 0 Å². The van der Waals surface area contributed by atoms with E-state index in [1.165, 1.54) is 11.1 Å². The number of nitrogens with one attached hydrogen (secondary N) is 1. The minimum atomic E-state index is -0.00251. The fourth-order valence-corrected chi connectivity index (χ4v) is 2.09. The van der Waals surface area contributed by atoms with Crippen LogP contribution in [-0.2, 0) is 6.42 Å². The average Bonchev–Trinajstić information content (AvgIpc) is 2.41. The molecule has 0 unspecified atom stereocenters. The molecule has 0 saturated carbocycles. The van der Waals surface area contributed by atoms with Crippen LogP contribution >= 0.6 is 0 Å². The quantitative estimate of drug-likeness (QED) is 0.890.